The molecule has 1 heteroatoms. The third-order valence-corrected chi connectivity index (χ3v) is 1.17. The Labute approximate surface area is 69.8 Å². The molecule has 0 fully saturated rings. The molecule has 0 aromatic heterocycles. The highest BCUT2D eigenvalue weighted by Gasteiger charge is 2.08. The van der Waals surface area contributed by atoms with Crippen LogP contribution in [0.15, 0.2) is 18.4 Å². The highest BCUT2D eigenvalue weighted by Crippen LogP contribution is 2.07. The van der Waals surface area contributed by atoms with Gasteiger partial charge in [-0.1, -0.05) is 6.58 Å². The van der Waals surface area contributed by atoms with Crippen molar-refractivity contribution in [2.24, 2.45) is 0 Å². The van der Waals surface area contributed by atoms with Gasteiger partial charge >= 0.3 is 0 Å². The van der Waals surface area contributed by atoms with Gasteiger partial charge in [0.25, 0.3) is 0 Å². The van der Waals surface area contributed by atoms with Crippen LogP contribution in [-0.4, -0.2) is 12.2 Å². The van der Waals surface area contributed by atoms with Crippen molar-refractivity contribution in [3.63, 3.8) is 0 Å². The molecular weight excluding hydrogens is 136 g/mol. The molecule has 0 N–H and O–H groups in total. The summed E-state index contributed by atoms with van der Waals surface area (Å²) in [5, 5.41) is 0. The van der Waals surface area contributed by atoms with Crippen molar-refractivity contribution in [3.05, 3.63) is 18.4 Å². The highest BCUT2D eigenvalue weighted by molar-refractivity contribution is 4.75. The standard InChI is InChI=1S/C10H18O/c1-5-6-7-8-9-11-10(2,3)4/h6H,1,7-9H2,2-4H3. The van der Waals surface area contributed by atoms with Crippen LogP contribution in [-0.2, 0) is 4.74 Å². The van der Waals surface area contributed by atoms with Crippen LogP contribution in [0.5, 0.6) is 0 Å². The summed E-state index contributed by atoms with van der Waals surface area (Å²) >= 11 is 0. The maximum absolute atomic E-state index is 5.51. The van der Waals surface area contributed by atoms with Crippen molar-refractivity contribution in [2.45, 2.75) is 39.2 Å². The van der Waals surface area contributed by atoms with Gasteiger partial charge in [-0.15, -0.1) is 5.73 Å². The molecule has 0 unspecified atom stereocenters. The Morgan fingerprint density at radius 1 is 1.45 bits per heavy atom. The van der Waals surface area contributed by atoms with Crippen molar-refractivity contribution in [2.75, 3.05) is 6.61 Å². The van der Waals surface area contributed by atoms with E-state index in [9.17, 15) is 0 Å². The minimum absolute atomic E-state index is 0.00209. The van der Waals surface area contributed by atoms with Crippen LogP contribution in [0.2, 0.25) is 0 Å². The minimum Gasteiger partial charge on any atom is -0.376 e. The van der Waals surface area contributed by atoms with Crippen LogP contribution >= 0.6 is 0 Å². The van der Waals surface area contributed by atoms with E-state index in [4.69, 9.17) is 4.74 Å². The first-order valence-corrected chi connectivity index (χ1v) is 4.04. The molecule has 1 nitrogen and oxygen atoms in total. The van der Waals surface area contributed by atoms with E-state index in [0.29, 0.717) is 0 Å². The molecule has 0 rings (SSSR count). The van der Waals surface area contributed by atoms with Gasteiger partial charge in [0.05, 0.1) is 5.60 Å². The number of ether oxygens (including phenoxy) is 1. The molecule has 0 aromatic rings. The molecule has 0 amide bonds. The molecule has 0 aliphatic heterocycles. The lowest BCUT2D eigenvalue weighted by atomic mass is 10.2. The molecule has 0 spiro atoms. The summed E-state index contributed by atoms with van der Waals surface area (Å²) in [6, 6.07) is 0. The average Bonchev–Trinajstić information content (AvgIpc) is 1.85. The molecule has 0 aromatic carbocycles. The van der Waals surface area contributed by atoms with Gasteiger partial charge in [-0.25, -0.2) is 0 Å². The zero-order chi connectivity index (χ0) is 8.74. The zero-order valence-corrected chi connectivity index (χ0v) is 7.81. The maximum Gasteiger partial charge on any atom is 0.0598 e. The fourth-order valence-corrected chi connectivity index (χ4v) is 0.666. The van der Waals surface area contributed by atoms with Crippen LogP contribution in [0, 0.1) is 0 Å². The van der Waals surface area contributed by atoms with E-state index >= 15 is 0 Å². The summed E-state index contributed by atoms with van der Waals surface area (Å²) in [4.78, 5) is 0. The van der Waals surface area contributed by atoms with Gasteiger partial charge in [0.15, 0.2) is 0 Å². The van der Waals surface area contributed by atoms with E-state index in [0.717, 1.165) is 19.4 Å². The first kappa shape index (κ1) is 10.5. The predicted octanol–water partition coefficient (Wildman–Crippen LogP) is 2.92. The smallest absolute Gasteiger partial charge is 0.0598 e. The SMILES string of the molecule is C=C=CCCCOC(C)(C)C. The van der Waals surface area contributed by atoms with Gasteiger partial charge in [0, 0.05) is 6.61 Å². The summed E-state index contributed by atoms with van der Waals surface area (Å²) in [7, 11) is 0. The fourth-order valence-electron chi connectivity index (χ4n) is 0.666. The van der Waals surface area contributed by atoms with E-state index < -0.39 is 0 Å². The second-order valence-electron chi connectivity index (χ2n) is 3.51. The lowest BCUT2D eigenvalue weighted by molar-refractivity contribution is -0.00362. The lowest BCUT2D eigenvalue weighted by Gasteiger charge is -2.18. The van der Waals surface area contributed by atoms with Crippen molar-refractivity contribution < 1.29 is 4.74 Å². The number of unbranched alkanes of at least 4 members (excludes halogenated alkanes) is 1. The second-order valence-corrected chi connectivity index (χ2v) is 3.51. The molecular formula is C10H18O. The Morgan fingerprint density at radius 2 is 2.09 bits per heavy atom. The first-order valence-electron chi connectivity index (χ1n) is 4.04. The summed E-state index contributed by atoms with van der Waals surface area (Å²) in [5.41, 5.74) is 2.73. The predicted molar refractivity (Wildman–Crippen MR) is 48.6 cm³/mol. The molecule has 64 valence electrons. The highest BCUT2D eigenvalue weighted by atomic mass is 16.5. The third-order valence-electron chi connectivity index (χ3n) is 1.17. The molecule has 0 saturated carbocycles. The first-order chi connectivity index (χ1) is 5.06. The van der Waals surface area contributed by atoms with Gasteiger partial charge in [-0.05, 0) is 39.7 Å². The fraction of sp³-hybridized carbons (Fsp3) is 0.700. The largest absolute Gasteiger partial charge is 0.376 e. The van der Waals surface area contributed by atoms with Crippen LogP contribution in [0.1, 0.15) is 33.6 Å². The van der Waals surface area contributed by atoms with Crippen molar-refractivity contribution in [1.29, 1.82) is 0 Å². The van der Waals surface area contributed by atoms with Gasteiger partial charge in [-0.2, -0.15) is 0 Å². The Bertz CT molecular complexity index is 135. The van der Waals surface area contributed by atoms with E-state index in [1.807, 2.05) is 6.08 Å². The third kappa shape index (κ3) is 9.48. The lowest BCUT2D eigenvalue weighted by Crippen LogP contribution is -2.19. The van der Waals surface area contributed by atoms with Gasteiger partial charge in [0.2, 0.25) is 0 Å². The molecule has 0 aliphatic carbocycles. The molecule has 0 radical (unpaired) electrons. The molecule has 0 saturated heterocycles. The van der Waals surface area contributed by atoms with Crippen molar-refractivity contribution in [1.82, 2.24) is 0 Å². The summed E-state index contributed by atoms with van der Waals surface area (Å²) in [6.07, 6.45) is 4.01. The van der Waals surface area contributed by atoms with Crippen LogP contribution < -0.4 is 0 Å². The summed E-state index contributed by atoms with van der Waals surface area (Å²) in [6.45, 7) is 10.5. The molecule has 0 bridgehead atoms. The van der Waals surface area contributed by atoms with E-state index in [1.54, 1.807) is 0 Å². The van der Waals surface area contributed by atoms with E-state index in [1.165, 1.54) is 0 Å². The van der Waals surface area contributed by atoms with Crippen molar-refractivity contribution in [3.8, 4) is 0 Å². The van der Waals surface area contributed by atoms with Gasteiger partial charge < -0.3 is 4.74 Å². The molecule has 0 atom stereocenters. The van der Waals surface area contributed by atoms with Gasteiger partial charge in [-0.3, -0.25) is 0 Å². The average molecular weight is 154 g/mol. The topological polar surface area (TPSA) is 9.23 Å². The number of rotatable bonds is 4. The summed E-state index contributed by atoms with van der Waals surface area (Å²) in [5.74, 6) is 0. The van der Waals surface area contributed by atoms with Crippen LogP contribution in [0.3, 0.4) is 0 Å². The normalized spacial score (nSPS) is 10.8. The Hall–Kier alpha value is -0.520. The number of hydrogen-bond donors (Lipinski definition) is 0. The minimum atomic E-state index is -0.00209. The molecule has 0 aliphatic rings. The molecule has 0 heterocycles. The van der Waals surface area contributed by atoms with Crippen LogP contribution in [0.4, 0.5) is 0 Å². The molecule has 11 heavy (non-hydrogen) atoms. The van der Waals surface area contributed by atoms with Crippen molar-refractivity contribution >= 4 is 0 Å². The van der Waals surface area contributed by atoms with Crippen LogP contribution in [0.25, 0.3) is 0 Å². The summed E-state index contributed by atoms with van der Waals surface area (Å²) < 4.78 is 5.51. The zero-order valence-electron chi connectivity index (χ0n) is 7.81. The van der Waals surface area contributed by atoms with E-state index in [-0.39, 0.29) is 5.60 Å². The van der Waals surface area contributed by atoms with Gasteiger partial charge in [0.1, 0.15) is 0 Å². The monoisotopic (exact) mass is 154 g/mol. The maximum atomic E-state index is 5.51. The Morgan fingerprint density at radius 3 is 2.55 bits per heavy atom. The second kappa shape index (κ2) is 5.17. The Kier molecular flexibility index (Phi) is 4.93. The Balaban J connectivity index is 3.21. The van der Waals surface area contributed by atoms with E-state index in [2.05, 4.69) is 33.1 Å². The quantitative estimate of drug-likeness (QED) is 0.447. The number of hydrogen-bond acceptors (Lipinski definition) is 1. The number of allylic oxidation sites excluding steroid dienone is 1.